The number of nitrogens with one attached hydrogen (secondary N) is 1. The SMILES string of the molecule is CC[N+]1(C2(C(=O)Nc3c(C)cccc3C)CCC2)CCCCCC1.[Y]. The van der Waals surface area contributed by atoms with Gasteiger partial charge in [0.2, 0.25) is 0 Å². The van der Waals surface area contributed by atoms with Crippen LogP contribution in [-0.4, -0.2) is 35.6 Å². The van der Waals surface area contributed by atoms with Crippen LogP contribution >= 0.6 is 0 Å². The molecule has 0 spiro atoms. The Morgan fingerprint density at radius 2 is 1.60 bits per heavy atom. The Morgan fingerprint density at radius 3 is 2.04 bits per heavy atom. The average Bonchev–Trinajstić information content (AvgIpc) is 2.77. The molecule has 1 aliphatic carbocycles. The molecule has 1 aromatic carbocycles. The minimum absolute atomic E-state index is 0. The van der Waals surface area contributed by atoms with Crippen molar-refractivity contribution in [3.05, 3.63) is 29.3 Å². The predicted molar refractivity (Wildman–Crippen MR) is 100 cm³/mol. The second-order valence-corrected chi connectivity index (χ2v) is 7.93. The Morgan fingerprint density at radius 1 is 1.04 bits per heavy atom. The molecule has 135 valence electrons. The van der Waals surface area contributed by atoms with Crippen LogP contribution in [0.2, 0.25) is 0 Å². The van der Waals surface area contributed by atoms with Gasteiger partial charge in [-0.1, -0.05) is 18.2 Å². The van der Waals surface area contributed by atoms with E-state index in [1.807, 2.05) is 0 Å². The van der Waals surface area contributed by atoms with Crippen molar-refractivity contribution in [1.82, 2.24) is 0 Å². The van der Waals surface area contributed by atoms with Crippen molar-refractivity contribution in [1.29, 1.82) is 0 Å². The second-order valence-electron chi connectivity index (χ2n) is 7.93. The van der Waals surface area contributed by atoms with Crippen LogP contribution in [0, 0.1) is 13.8 Å². The van der Waals surface area contributed by atoms with E-state index in [9.17, 15) is 4.79 Å². The van der Waals surface area contributed by atoms with Gasteiger partial charge in [-0.05, 0) is 64.0 Å². The normalized spacial score (nSPS) is 21.4. The van der Waals surface area contributed by atoms with Gasteiger partial charge in [0.1, 0.15) is 0 Å². The van der Waals surface area contributed by atoms with Crippen LogP contribution in [0.25, 0.3) is 0 Å². The number of carbonyl (C=O) groups is 1. The smallest absolute Gasteiger partial charge is 0.285 e. The molecule has 2 fully saturated rings. The number of amides is 1. The first-order valence-electron chi connectivity index (χ1n) is 9.78. The summed E-state index contributed by atoms with van der Waals surface area (Å²) in [6, 6.07) is 6.24. The van der Waals surface area contributed by atoms with Crippen molar-refractivity contribution in [2.75, 3.05) is 25.0 Å². The molecule has 1 saturated carbocycles. The minimum atomic E-state index is -0.187. The first kappa shape index (κ1) is 21.1. The Kier molecular flexibility index (Phi) is 7.27. The molecule has 2 aliphatic rings. The van der Waals surface area contributed by atoms with Gasteiger partial charge >= 0.3 is 0 Å². The minimum Gasteiger partial charge on any atom is -0.320 e. The van der Waals surface area contributed by atoms with E-state index in [2.05, 4.69) is 44.3 Å². The molecule has 0 aromatic heterocycles. The standard InChI is InChI=1S/C21H32N2O.Y/c1-4-23(15-7-5-6-8-16-23)21(13-10-14-21)20(24)22-19-17(2)11-9-12-18(19)3;/h9,11-12H,4-8,10,13-16H2,1-3H3;/p+1. The summed E-state index contributed by atoms with van der Waals surface area (Å²) in [7, 11) is 0. The number of benzene rings is 1. The van der Waals surface area contributed by atoms with Gasteiger partial charge in [0.15, 0.2) is 5.54 Å². The Balaban J connectivity index is 0.00000225. The molecule has 0 atom stereocenters. The van der Waals surface area contributed by atoms with E-state index >= 15 is 0 Å². The van der Waals surface area contributed by atoms with Crippen LogP contribution in [0.1, 0.15) is 63.0 Å². The zero-order valence-electron chi connectivity index (χ0n) is 16.2. The molecule has 1 N–H and O–H groups in total. The Labute approximate surface area is 178 Å². The average molecular weight is 418 g/mol. The van der Waals surface area contributed by atoms with Gasteiger partial charge in [-0.2, -0.15) is 0 Å². The third-order valence-corrected chi connectivity index (χ3v) is 6.76. The number of aryl methyl sites for hydroxylation is 2. The molecule has 1 heterocycles. The molecule has 1 saturated heterocycles. The molecule has 25 heavy (non-hydrogen) atoms. The maximum Gasteiger partial charge on any atom is 0.285 e. The van der Waals surface area contributed by atoms with Crippen LogP contribution in [0.4, 0.5) is 5.69 Å². The van der Waals surface area contributed by atoms with Gasteiger partial charge in [-0.3, -0.25) is 4.79 Å². The maximum absolute atomic E-state index is 13.5. The number of quaternary nitrogens is 1. The number of hydrogen-bond donors (Lipinski definition) is 1. The number of hydrogen-bond acceptors (Lipinski definition) is 1. The molecule has 0 bridgehead atoms. The molecule has 1 amide bonds. The third kappa shape index (κ3) is 3.75. The summed E-state index contributed by atoms with van der Waals surface area (Å²) in [5, 5.41) is 3.34. The van der Waals surface area contributed by atoms with Crippen LogP contribution in [0.5, 0.6) is 0 Å². The first-order chi connectivity index (χ1) is 11.5. The van der Waals surface area contributed by atoms with Gasteiger partial charge in [0, 0.05) is 51.2 Å². The predicted octanol–water partition coefficient (Wildman–Crippen LogP) is 4.57. The fraction of sp³-hybridized carbons (Fsp3) is 0.667. The summed E-state index contributed by atoms with van der Waals surface area (Å²) in [5.41, 5.74) is 3.17. The quantitative estimate of drug-likeness (QED) is 0.713. The van der Waals surface area contributed by atoms with Crippen molar-refractivity contribution in [2.24, 2.45) is 0 Å². The van der Waals surface area contributed by atoms with Crippen molar-refractivity contribution < 1.29 is 42.0 Å². The van der Waals surface area contributed by atoms with Gasteiger partial charge < -0.3 is 9.80 Å². The van der Waals surface area contributed by atoms with Crippen molar-refractivity contribution >= 4 is 11.6 Å². The molecule has 1 radical (unpaired) electrons. The molecule has 4 heteroatoms. The maximum atomic E-state index is 13.5. The van der Waals surface area contributed by atoms with E-state index in [1.54, 1.807) is 0 Å². The molecule has 3 nitrogen and oxygen atoms in total. The number of carbonyl (C=O) groups excluding carboxylic acids is 1. The number of para-hydroxylation sites is 1. The van der Waals surface area contributed by atoms with Crippen molar-refractivity contribution in [2.45, 2.75) is 71.3 Å². The molecule has 1 aromatic rings. The van der Waals surface area contributed by atoms with Crippen LogP contribution in [0.15, 0.2) is 18.2 Å². The Bertz CT molecular complexity index is 582. The van der Waals surface area contributed by atoms with Gasteiger partial charge in [0.05, 0.1) is 19.6 Å². The van der Waals surface area contributed by atoms with Crippen LogP contribution in [-0.2, 0) is 37.5 Å². The summed E-state index contributed by atoms with van der Waals surface area (Å²) in [6.07, 6.45) is 8.50. The molecular formula is C21H33N2OY+. The number of anilines is 1. The van der Waals surface area contributed by atoms with Crippen molar-refractivity contribution in [3.63, 3.8) is 0 Å². The van der Waals surface area contributed by atoms with E-state index in [0.29, 0.717) is 0 Å². The van der Waals surface area contributed by atoms with Gasteiger partial charge in [0.25, 0.3) is 5.91 Å². The van der Waals surface area contributed by atoms with Gasteiger partial charge in [-0.15, -0.1) is 0 Å². The summed E-state index contributed by atoms with van der Waals surface area (Å²) in [5.74, 6) is 0.273. The van der Waals surface area contributed by atoms with E-state index in [0.717, 1.165) is 40.7 Å². The fourth-order valence-electron chi connectivity index (χ4n) is 5.01. The first-order valence-corrected chi connectivity index (χ1v) is 9.78. The van der Waals surface area contributed by atoms with Crippen LogP contribution in [0.3, 0.4) is 0 Å². The van der Waals surface area contributed by atoms with E-state index in [4.69, 9.17) is 0 Å². The summed E-state index contributed by atoms with van der Waals surface area (Å²) in [6.45, 7) is 9.91. The second kappa shape index (κ2) is 8.63. The summed E-state index contributed by atoms with van der Waals surface area (Å²) < 4.78 is 1.02. The largest absolute Gasteiger partial charge is 0.320 e. The third-order valence-electron chi connectivity index (χ3n) is 6.76. The van der Waals surface area contributed by atoms with E-state index in [1.165, 1.54) is 45.2 Å². The van der Waals surface area contributed by atoms with Gasteiger partial charge in [-0.25, -0.2) is 0 Å². The number of nitrogens with zero attached hydrogens (tertiary/aromatic N) is 1. The van der Waals surface area contributed by atoms with Crippen molar-refractivity contribution in [3.8, 4) is 0 Å². The topological polar surface area (TPSA) is 29.1 Å². The fourth-order valence-corrected chi connectivity index (χ4v) is 5.01. The number of likely N-dealkylation sites (tertiary alicyclic amines) is 1. The molecule has 0 unspecified atom stereocenters. The van der Waals surface area contributed by atoms with E-state index < -0.39 is 0 Å². The number of likely N-dealkylation sites (N-methyl/N-ethyl adjacent to an activating group) is 1. The zero-order chi connectivity index (χ0) is 17.2. The van der Waals surface area contributed by atoms with Crippen LogP contribution < -0.4 is 5.32 Å². The summed E-state index contributed by atoms with van der Waals surface area (Å²) >= 11 is 0. The molecular weight excluding hydrogens is 385 g/mol. The molecule has 3 rings (SSSR count). The number of rotatable bonds is 4. The Hall–Kier alpha value is -0.246. The molecule has 1 aliphatic heterocycles. The summed E-state index contributed by atoms with van der Waals surface area (Å²) in [4.78, 5) is 13.5. The van der Waals surface area contributed by atoms with E-state index in [-0.39, 0.29) is 44.2 Å². The zero-order valence-corrected chi connectivity index (χ0v) is 19.1. The monoisotopic (exact) mass is 418 g/mol.